The summed E-state index contributed by atoms with van der Waals surface area (Å²) >= 11 is 3.88. The summed E-state index contributed by atoms with van der Waals surface area (Å²) in [7, 11) is 0. The topological polar surface area (TPSA) is 38.0 Å². The number of fused-ring (bicyclic) bond motifs is 1. The van der Waals surface area contributed by atoms with Gasteiger partial charge in [-0.3, -0.25) is 11.3 Å². The molecule has 1 aliphatic heterocycles. The molecule has 2 nitrogen and oxygen atoms in total. The van der Waals surface area contributed by atoms with Crippen molar-refractivity contribution < 1.29 is 0 Å². The molecule has 1 saturated heterocycles. The average molecular weight is 278 g/mol. The normalized spacial score (nSPS) is 21.5. The van der Waals surface area contributed by atoms with E-state index in [-0.39, 0.29) is 0 Å². The Hall–Kier alpha value is -0.550. The van der Waals surface area contributed by atoms with Crippen LogP contribution in [-0.4, -0.2) is 17.5 Å². The van der Waals surface area contributed by atoms with Crippen LogP contribution in [0.1, 0.15) is 12.0 Å². The van der Waals surface area contributed by atoms with Crippen LogP contribution >= 0.6 is 23.1 Å². The maximum absolute atomic E-state index is 5.76. The lowest BCUT2D eigenvalue weighted by atomic mass is 9.93. The van der Waals surface area contributed by atoms with Gasteiger partial charge in [0.05, 0.1) is 0 Å². The fourth-order valence-electron chi connectivity index (χ4n) is 2.66. The van der Waals surface area contributed by atoms with Crippen LogP contribution in [0.3, 0.4) is 0 Å². The molecule has 18 heavy (non-hydrogen) atoms. The van der Waals surface area contributed by atoms with E-state index >= 15 is 0 Å². The molecule has 2 heterocycles. The van der Waals surface area contributed by atoms with Gasteiger partial charge >= 0.3 is 0 Å². The molecule has 0 radical (unpaired) electrons. The van der Waals surface area contributed by atoms with Crippen LogP contribution in [-0.2, 0) is 6.42 Å². The molecule has 0 bridgehead atoms. The Morgan fingerprint density at radius 1 is 1.39 bits per heavy atom. The molecule has 3 N–H and O–H groups in total. The molecule has 0 aliphatic carbocycles. The highest BCUT2D eigenvalue weighted by molar-refractivity contribution is 7.99. The number of nitrogens with one attached hydrogen (secondary N) is 1. The van der Waals surface area contributed by atoms with Gasteiger partial charge in [-0.15, -0.1) is 11.3 Å². The summed E-state index contributed by atoms with van der Waals surface area (Å²) in [6.45, 7) is 0. The molecule has 1 aromatic carbocycles. The zero-order chi connectivity index (χ0) is 12.4. The Morgan fingerprint density at radius 2 is 2.28 bits per heavy atom. The van der Waals surface area contributed by atoms with Gasteiger partial charge in [0.1, 0.15) is 0 Å². The number of benzene rings is 1. The number of rotatable bonds is 4. The number of thioether (sulfide) groups is 1. The second-order valence-corrected chi connectivity index (χ2v) is 6.92. The van der Waals surface area contributed by atoms with E-state index in [4.69, 9.17) is 5.84 Å². The molecular weight excluding hydrogens is 260 g/mol. The number of hydrogen-bond acceptors (Lipinski definition) is 4. The predicted octanol–water partition coefficient (Wildman–Crippen LogP) is 3.03. The molecule has 2 aromatic rings. The highest BCUT2D eigenvalue weighted by atomic mass is 32.2. The molecule has 0 spiro atoms. The maximum Gasteiger partial charge on any atom is 0.0345 e. The summed E-state index contributed by atoms with van der Waals surface area (Å²) < 4.78 is 1.38. The van der Waals surface area contributed by atoms with Crippen molar-refractivity contribution in [3.8, 4) is 0 Å². The third-order valence-corrected chi connectivity index (χ3v) is 5.95. The SMILES string of the molecule is NNC(Cc1csc2ccccc12)C1CCSC1. The summed E-state index contributed by atoms with van der Waals surface area (Å²) in [6.07, 6.45) is 2.34. The van der Waals surface area contributed by atoms with Gasteiger partial charge in [0.15, 0.2) is 0 Å². The molecule has 2 atom stereocenters. The Labute approximate surface area is 116 Å². The van der Waals surface area contributed by atoms with Crippen molar-refractivity contribution in [3.63, 3.8) is 0 Å². The monoisotopic (exact) mass is 278 g/mol. The number of hydrazine groups is 1. The van der Waals surface area contributed by atoms with E-state index in [0.29, 0.717) is 6.04 Å². The first-order valence-electron chi connectivity index (χ1n) is 6.37. The van der Waals surface area contributed by atoms with Crippen molar-refractivity contribution >= 4 is 33.2 Å². The van der Waals surface area contributed by atoms with Crippen LogP contribution in [0.2, 0.25) is 0 Å². The van der Waals surface area contributed by atoms with Crippen LogP contribution in [0.15, 0.2) is 29.6 Å². The van der Waals surface area contributed by atoms with E-state index in [9.17, 15) is 0 Å². The van der Waals surface area contributed by atoms with Gasteiger partial charge in [-0.25, -0.2) is 0 Å². The highest BCUT2D eigenvalue weighted by Gasteiger charge is 2.25. The van der Waals surface area contributed by atoms with Crippen molar-refractivity contribution in [3.05, 3.63) is 35.2 Å². The molecule has 4 heteroatoms. The molecule has 0 saturated carbocycles. The summed E-state index contributed by atoms with van der Waals surface area (Å²) in [5.74, 6) is 9.01. The highest BCUT2D eigenvalue weighted by Crippen LogP contribution is 2.31. The lowest BCUT2D eigenvalue weighted by molar-refractivity contribution is 0.387. The van der Waals surface area contributed by atoms with E-state index in [1.54, 1.807) is 0 Å². The standard InChI is InChI=1S/C14H18N2S2/c15-16-13(10-5-6-17-8-10)7-11-9-18-14-4-2-1-3-12(11)14/h1-4,9-10,13,16H,5-8,15H2. The van der Waals surface area contributed by atoms with Gasteiger partial charge in [-0.1, -0.05) is 18.2 Å². The Balaban J connectivity index is 1.81. The van der Waals surface area contributed by atoms with Crippen molar-refractivity contribution in [1.29, 1.82) is 0 Å². The van der Waals surface area contributed by atoms with Crippen LogP contribution < -0.4 is 11.3 Å². The first kappa shape index (κ1) is 12.5. The third kappa shape index (κ3) is 2.43. The Kier molecular flexibility index (Phi) is 3.89. The number of thiophene rings is 1. The first-order chi connectivity index (χ1) is 8.88. The summed E-state index contributed by atoms with van der Waals surface area (Å²) in [5.41, 5.74) is 4.48. The van der Waals surface area contributed by atoms with Crippen molar-refractivity contribution in [1.82, 2.24) is 5.43 Å². The van der Waals surface area contributed by atoms with E-state index in [1.807, 2.05) is 23.1 Å². The molecule has 2 unspecified atom stereocenters. The molecular formula is C14H18N2S2. The van der Waals surface area contributed by atoms with Crippen LogP contribution in [0.25, 0.3) is 10.1 Å². The molecule has 1 fully saturated rings. The van der Waals surface area contributed by atoms with E-state index in [0.717, 1.165) is 12.3 Å². The van der Waals surface area contributed by atoms with Crippen LogP contribution in [0.4, 0.5) is 0 Å². The van der Waals surface area contributed by atoms with Crippen LogP contribution in [0, 0.1) is 5.92 Å². The summed E-state index contributed by atoms with van der Waals surface area (Å²) in [5, 5.41) is 3.69. The zero-order valence-corrected chi connectivity index (χ0v) is 11.9. The van der Waals surface area contributed by atoms with Gasteiger partial charge in [0, 0.05) is 10.7 Å². The molecule has 3 rings (SSSR count). The lowest BCUT2D eigenvalue weighted by Gasteiger charge is -2.21. The second kappa shape index (κ2) is 5.61. The van der Waals surface area contributed by atoms with Gasteiger partial charge in [-0.2, -0.15) is 11.8 Å². The molecule has 1 aliphatic rings. The van der Waals surface area contributed by atoms with Crippen molar-refractivity contribution in [2.75, 3.05) is 11.5 Å². The maximum atomic E-state index is 5.76. The zero-order valence-electron chi connectivity index (χ0n) is 10.3. The van der Waals surface area contributed by atoms with E-state index in [2.05, 4.69) is 35.1 Å². The summed E-state index contributed by atoms with van der Waals surface area (Å²) in [6, 6.07) is 9.06. The Bertz CT molecular complexity index is 517. The Morgan fingerprint density at radius 3 is 3.06 bits per heavy atom. The van der Waals surface area contributed by atoms with Gasteiger partial charge in [0.25, 0.3) is 0 Å². The first-order valence-corrected chi connectivity index (χ1v) is 8.41. The number of hydrogen-bond donors (Lipinski definition) is 2. The van der Waals surface area contributed by atoms with Gasteiger partial charge in [0.2, 0.25) is 0 Å². The predicted molar refractivity (Wildman–Crippen MR) is 82.1 cm³/mol. The van der Waals surface area contributed by atoms with E-state index in [1.165, 1.54) is 33.6 Å². The summed E-state index contributed by atoms with van der Waals surface area (Å²) in [4.78, 5) is 0. The minimum absolute atomic E-state index is 0.415. The number of nitrogens with two attached hydrogens (primary N) is 1. The minimum Gasteiger partial charge on any atom is -0.271 e. The van der Waals surface area contributed by atoms with E-state index < -0.39 is 0 Å². The van der Waals surface area contributed by atoms with Crippen molar-refractivity contribution in [2.45, 2.75) is 18.9 Å². The molecule has 0 amide bonds. The lowest BCUT2D eigenvalue weighted by Crippen LogP contribution is -2.42. The van der Waals surface area contributed by atoms with Gasteiger partial charge in [-0.05, 0) is 52.7 Å². The molecule has 1 aromatic heterocycles. The fraction of sp³-hybridized carbons (Fsp3) is 0.429. The fourth-order valence-corrected chi connectivity index (χ4v) is 4.97. The largest absolute Gasteiger partial charge is 0.271 e. The molecule has 96 valence electrons. The van der Waals surface area contributed by atoms with Crippen molar-refractivity contribution in [2.24, 2.45) is 11.8 Å². The van der Waals surface area contributed by atoms with Gasteiger partial charge < -0.3 is 0 Å². The smallest absolute Gasteiger partial charge is 0.0345 e. The average Bonchev–Trinajstić information content (AvgIpc) is 3.06. The second-order valence-electron chi connectivity index (χ2n) is 4.86. The van der Waals surface area contributed by atoms with Crippen LogP contribution in [0.5, 0.6) is 0 Å². The third-order valence-electron chi connectivity index (χ3n) is 3.75. The quantitative estimate of drug-likeness (QED) is 0.667. The minimum atomic E-state index is 0.415.